The van der Waals surface area contributed by atoms with Crippen LogP contribution in [0.4, 0.5) is 0 Å². The van der Waals surface area contributed by atoms with Gasteiger partial charge in [-0.2, -0.15) is 0 Å². The lowest BCUT2D eigenvalue weighted by atomic mass is 9.95. The molecule has 0 bridgehead atoms. The van der Waals surface area contributed by atoms with Crippen LogP contribution in [-0.2, 0) is 16.4 Å². The second-order valence-electron chi connectivity index (χ2n) is 5.88. The topological polar surface area (TPSA) is 79.3 Å². The van der Waals surface area contributed by atoms with Crippen molar-refractivity contribution in [3.8, 4) is 0 Å². The van der Waals surface area contributed by atoms with E-state index in [0.29, 0.717) is 19.3 Å². The monoisotopic (exact) mass is 312 g/mol. The van der Waals surface area contributed by atoms with Gasteiger partial charge < -0.3 is 5.11 Å². The average molecular weight is 312 g/mol. The van der Waals surface area contributed by atoms with Crippen LogP contribution in [0.25, 0.3) is 0 Å². The average Bonchev–Trinajstić information content (AvgIpc) is 2.70. The molecule has 1 aromatic rings. The SMILES string of the molecule is O=S(=O)(CCc1ccncc1)NCC1(O)CCCCCC1. The zero-order valence-electron chi connectivity index (χ0n) is 12.3. The minimum atomic E-state index is -3.36. The molecule has 0 unspecified atom stereocenters. The molecular formula is C15H24N2O3S. The van der Waals surface area contributed by atoms with Crippen molar-refractivity contribution in [2.45, 2.75) is 50.5 Å². The Kier molecular flexibility index (Phi) is 5.72. The summed E-state index contributed by atoms with van der Waals surface area (Å²) in [5.74, 6) is 0.0348. The Morgan fingerprint density at radius 3 is 2.38 bits per heavy atom. The standard InChI is InChI=1S/C15H24N2O3S/c18-15(8-3-1-2-4-9-15)13-17-21(19,20)12-7-14-5-10-16-11-6-14/h5-6,10-11,17-18H,1-4,7-9,12-13H2. The van der Waals surface area contributed by atoms with E-state index in [0.717, 1.165) is 31.2 Å². The van der Waals surface area contributed by atoms with Gasteiger partial charge in [-0.15, -0.1) is 0 Å². The zero-order valence-corrected chi connectivity index (χ0v) is 13.1. The highest BCUT2D eigenvalue weighted by Gasteiger charge is 2.29. The molecule has 0 aliphatic heterocycles. The first-order valence-electron chi connectivity index (χ1n) is 7.58. The number of pyridine rings is 1. The predicted molar refractivity (Wildman–Crippen MR) is 82.4 cm³/mol. The molecule has 0 aromatic carbocycles. The largest absolute Gasteiger partial charge is 0.389 e. The Labute approximate surface area is 126 Å². The second kappa shape index (κ2) is 7.33. The molecule has 0 radical (unpaired) electrons. The van der Waals surface area contributed by atoms with Gasteiger partial charge in [0, 0.05) is 18.9 Å². The number of aliphatic hydroxyl groups is 1. The van der Waals surface area contributed by atoms with Gasteiger partial charge >= 0.3 is 0 Å². The summed E-state index contributed by atoms with van der Waals surface area (Å²) in [5.41, 5.74) is 0.0730. The molecule has 1 aliphatic carbocycles. The Bertz CT molecular complexity index is 523. The van der Waals surface area contributed by atoms with E-state index in [4.69, 9.17) is 0 Å². The van der Waals surface area contributed by atoms with Crippen molar-refractivity contribution in [3.05, 3.63) is 30.1 Å². The van der Waals surface area contributed by atoms with Gasteiger partial charge in [-0.1, -0.05) is 25.7 Å². The molecule has 1 aliphatic rings. The molecule has 1 aromatic heterocycles. The van der Waals surface area contributed by atoms with Crippen molar-refractivity contribution in [3.63, 3.8) is 0 Å². The summed E-state index contributed by atoms with van der Waals surface area (Å²) in [6.45, 7) is 0.131. The highest BCUT2D eigenvalue weighted by molar-refractivity contribution is 7.89. The van der Waals surface area contributed by atoms with Crippen LogP contribution in [0, 0.1) is 0 Å². The highest BCUT2D eigenvalue weighted by Crippen LogP contribution is 2.26. The van der Waals surface area contributed by atoms with Crippen molar-refractivity contribution in [2.24, 2.45) is 0 Å². The van der Waals surface area contributed by atoms with Crippen LogP contribution >= 0.6 is 0 Å². The van der Waals surface area contributed by atoms with E-state index >= 15 is 0 Å². The van der Waals surface area contributed by atoms with Gasteiger partial charge in [0.2, 0.25) is 10.0 Å². The van der Waals surface area contributed by atoms with Crippen LogP contribution in [0.2, 0.25) is 0 Å². The Hall–Kier alpha value is -0.980. The van der Waals surface area contributed by atoms with Gasteiger partial charge in [-0.3, -0.25) is 4.98 Å². The fourth-order valence-corrected chi connectivity index (χ4v) is 3.82. The van der Waals surface area contributed by atoms with Gasteiger partial charge in [0.25, 0.3) is 0 Å². The molecule has 0 amide bonds. The van der Waals surface area contributed by atoms with Gasteiger partial charge in [-0.05, 0) is 37.0 Å². The van der Waals surface area contributed by atoms with E-state index in [9.17, 15) is 13.5 Å². The van der Waals surface area contributed by atoms with E-state index < -0.39 is 15.6 Å². The molecule has 2 N–H and O–H groups in total. The van der Waals surface area contributed by atoms with Crippen LogP contribution in [-0.4, -0.2) is 36.4 Å². The number of hydrogen-bond donors (Lipinski definition) is 2. The summed E-state index contributed by atoms with van der Waals surface area (Å²) in [6.07, 6.45) is 9.31. The normalized spacial score (nSPS) is 19.1. The van der Waals surface area contributed by atoms with Gasteiger partial charge in [0.1, 0.15) is 0 Å². The molecule has 1 fully saturated rings. The summed E-state index contributed by atoms with van der Waals surface area (Å²) in [6, 6.07) is 3.63. The second-order valence-corrected chi connectivity index (χ2v) is 7.81. The van der Waals surface area contributed by atoms with Crippen molar-refractivity contribution in [1.82, 2.24) is 9.71 Å². The molecule has 118 valence electrons. The summed E-state index contributed by atoms with van der Waals surface area (Å²) < 4.78 is 26.6. The molecule has 0 atom stereocenters. The van der Waals surface area contributed by atoms with Crippen molar-refractivity contribution in [1.29, 1.82) is 0 Å². The van der Waals surface area contributed by atoms with Crippen molar-refractivity contribution in [2.75, 3.05) is 12.3 Å². The maximum atomic E-state index is 12.0. The van der Waals surface area contributed by atoms with Crippen molar-refractivity contribution >= 4 is 10.0 Å². The number of rotatable bonds is 6. The first-order chi connectivity index (χ1) is 9.99. The molecular weight excluding hydrogens is 288 g/mol. The summed E-state index contributed by atoms with van der Waals surface area (Å²) in [5, 5.41) is 10.5. The molecule has 1 heterocycles. The van der Waals surface area contributed by atoms with Gasteiger partial charge in [0.05, 0.1) is 11.4 Å². The van der Waals surface area contributed by atoms with Crippen LogP contribution < -0.4 is 4.72 Å². The quantitative estimate of drug-likeness (QED) is 0.783. The minimum absolute atomic E-state index is 0.0348. The third kappa shape index (κ3) is 5.73. The molecule has 2 rings (SSSR count). The summed E-state index contributed by atoms with van der Waals surface area (Å²) in [4.78, 5) is 3.91. The Balaban J connectivity index is 1.83. The third-order valence-corrected chi connectivity index (χ3v) is 5.39. The maximum absolute atomic E-state index is 12.0. The number of aromatic nitrogens is 1. The predicted octanol–water partition coefficient (Wildman–Crippen LogP) is 1.63. The highest BCUT2D eigenvalue weighted by atomic mass is 32.2. The van der Waals surface area contributed by atoms with Crippen LogP contribution in [0.5, 0.6) is 0 Å². The maximum Gasteiger partial charge on any atom is 0.212 e. The van der Waals surface area contributed by atoms with E-state index in [2.05, 4.69) is 9.71 Å². The minimum Gasteiger partial charge on any atom is -0.389 e. The fraction of sp³-hybridized carbons (Fsp3) is 0.667. The lowest BCUT2D eigenvalue weighted by molar-refractivity contribution is 0.0303. The summed E-state index contributed by atoms with van der Waals surface area (Å²) >= 11 is 0. The van der Waals surface area contributed by atoms with Crippen molar-refractivity contribution < 1.29 is 13.5 Å². The lowest BCUT2D eigenvalue weighted by Gasteiger charge is -2.26. The molecule has 0 spiro atoms. The number of hydrogen-bond acceptors (Lipinski definition) is 4. The van der Waals surface area contributed by atoms with E-state index in [1.54, 1.807) is 12.4 Å². The van der Waals surface area contributed by atoms with Crippen LogP contribution in [0.1, 0.15) is 44.1 Å². The molecule has 5 nitrogen and oxygen atoms in total. The third-order valence-electron chi connectivity index (χ3n) is 4.06. The zero-order chi connectivity index (χ0) is 15.2. The molecule has 0 saturated heterocycles. The van der Waals surface area contributed by atoms with Gasteiger partial charge in [-0.25, -0.2) is 13.1 Å². The number of aryl methyl sites for hydroxylation is 1. The smallest absolute Gasteiger partial charge is 0.212 e. The number of sulfonamides is 1. The van der Waals surface area contributed by atoms with Crippen LogP contribution in [0.15, 0.2) is 24.5 Å². The number of nitrogens with zero attached hydrogens (tertiary/aromatic N) is 1. The fourth-order valence-electron chi connectivity index (χ4n) is 2.68. The lowest BCUT2D eigenvalue weighted by Crippen LogP contribution is -2.43. The first kappa shape index (κ1) is 16.4. The summed E-state index contributed by atoms with van der Waals surface area (Å²) in [7, 11) is -3.36. The van der Waals surface area contributed by atoms with E-state index in [1.807, 2.05) is 12.1 Å². The van der Waals surface area contributed by atoms with Gasteiger partial charge in [0.15, 0.2) is 0 Å². The van der Waals surface area contributed by atoms with Crippen LogP contribution in [0.3, 0.4) is 0 Å². The van der Waals surface area contributed by atoms with E-state index in [1.165, 1.54) is 0 Å². The number of nitrogens with one attached hydrogen (secondary N) is 1. The molecule has 21 heavy (non-hydrogen) atoms. The van der Waals surface area contributed by atoms with E-state index in [-0.39, 0.29) is 12.3 Å². The molecule has 6 heteroatoms. The Morgan fingerprint density at radius 1 is 1.14 bits per heavy atom. The molecule has 1 saturated carbocycles. The first-order valence-corrected chi connectivity index (χ1v) is 9.23. The Morgan fingerprint density at radius 2 is 1.76 bits per heavy atom.